The molecule has 1 rings (SSSR count). The second-order valence-electron chi connectivity index (χ2n) is 5.33. The van der Waals surface area contributed by atoms with Crippen LogP contribution in [0.5, 0.6) is 0 Å². The number of rotatable bonds is 6. The summed E-state index contributed by atoms with van der Waals surface area (Å²) >= 11 is 0. The lowest BCUT2D eigenvalue weighted by molar-refractivity contribution is -0.163. The number of hydrogen-bond acceptors (Lipinski definition) is 2. The van der Waals surface area contributed by atoms with Crippen LogP contribution < -0.4 is 0 Å². The van der Waals surface area contributed by atoms with Gasteiger partial charge in [-0.2, -0.15) is 0 Å². The molecule has 1 unspecified atom stereocenters. The molecule has 0 aromatic carbocycles. The molecule has 0 heterocycles. The zero-order chi connectivity index (χ0) is 12.0. The van der Waals surface area contributed by atoms with E-state index in [2.05, 4.69) is 20.8 Å². The summed E-state index contributed by atoms with van der Waals surface area (Å²) in [4.78, 5) is 12.0. The van der Waals surface area contributed by atoms with Gasteiger partial charge in [-0.15, -0.1) is 0 Å². The van der Waals surface area contributed by atoms with Crippen LogP contribution in [0, 0.1) is 5.92 Å². The summed E-state index contributed by atoms with van der Waals surface area (Å²) in [7, 11) is 0. The summed E-state index contributed by atoms with van der Waals surface area (Å²) < 4.78 is 5.71. The number of unbranched alkanes of at least 4 members (excludes halogenated alkanes) is 1. The standard InChI is InChI=1S/C14H26O2/c1-4-6-9-12(5-2)13(15)16-14(3)10-7-8-11-14/h12H,4-11H2,1-3H3. The van der Waals surface area contributed by atoms with Crippen molar-refractivity contribution in [3.05, 3.63) is 0 Å². The highest BCUT2D eigenvalue weighted by Crippen LogP contribution is 2.33. The highest BCUT2D eigenvalue weighted by molar-refractivity contribution is 5.72. The molecule has 1 aliphatic rings. The van der Waals surface area contributed by atoms with Gasteiger partial charge in [-0.3, -0.25) is 4.79 Å². The Hall–Kier alpha value is -0.530. The predicted molar refractivity (Wildman–Crippen MR) is 66.3 cm³/mol. The summed E-state index contributed by atoms with van der Waals surface area (Å²) in [6.07, 6.45) is 8.68. The Balaban J connectivity index is 2.42. The molecular weight excluding hydrogens is 200 g/mol. The second kappa shape index (κ2) is 6.27. The highest BCUT2D eigenvalue weighted by atomic mass is 16.6. The maximum Gasteiger partial charge on any atom is 0.309 e. The van der Waals surface area contributed by atoms with Crippen molar-refractivity contribution in [1.29, 1.82) is 0 Å². The first-order valence-electron chi connectivity index (χ1n) is 6.84. The van der Waals surface area contributed by atoms with E-state index in [9.17, 15) is 4.79 Å². The first-order valence-corrected chi connectivity index (χ1v) is 6.84. The van der Waals surface area contributed by atoms with Gasteiger partial charge in [0.25, 0.3) is 0 Å². The first-order chi connectivity index (χ1) is 7.61. The average molecular weight is 226 g/mol. The number of carbonyl (C=O) groups excluding carboxylic acids is 1. The molecule has 0 aromatic heterocycles. The van der Waals surface area contributed by atoms with Gasteiger partial charge in [0.2, 0.25) is 0 Å². The molecule has 2 heteroatoms. The quantitative estimate of drug-likeness (QED) is 0.638. The molecule has 16 heavy (non-hydrogen) atoms. The lowest BCUT2D eigenvalue weighted by Crippen LogP contribution is -2.31. The van der Waals surface area contributed by atoms with Gasteiger partial charge in [-0.1, -0.05) is 26.7 Å². The summed E-state index contributed by atoms with van der Waals surface area (Å²) in [5.41, 5.74) is -0.156. The Kier molecular flexibility index (Phi) is 5.30. The molecule has 94 valence electrons. The first kappa shape index (κ1) is 13.5. The minimum Gasteiger partial charge on any atom is -0.459 e. The number of esters is 1. The van der Waals surface area contributed by atoms with E-state index in [-0.39, 0.29) is 17.5 Å². The molecule has 1 saturated carbocycles. The Labute approximate surface area is 99.8 Å². The average Bonchev–Trinajstić information content (AvgIpc) is 2.66. The van der Waals surface area contributed by atoms with Crippen LogP contribution in [0.15, 0.2) is 0 Å². The van der Waals surface area contributed by atoms with Gasteiger partial charge >= 0.3 is 5.97 Å². The van der Waals surface area contributed by atoms with E-state index in [1.54, 1.807) is 0 Å². The van der Waals surface area contributed by atoms with Gasteiger partial charge in [-0.25, -0.2) is 0 Å². The van der Waals surface area contributed by atoms with Crippen molar-refractivity contribution in [1.82, 2.24) is 0 Å². The minimum atomic E-state index is -0.156. The molecule has 0 amide bonds. The van der Waals surface area contributed by atoms with Crippen LogP contribution >= 0.6 is 0 Å². The van der Waals surface area contributed by atoms with Crippen molar-refractivity contribution in [2.75, 3.05) is 0 Å². The van der Waals surface area contributed by atoms with E-state index in [1.807, 2.05) is 0 Å². The number of hydrogen-bond donors (Lipinski definition) is 0. The molecule has 0 radical (unpaired) electrons. The van der Waals surface area contributed by atoms with Crippen molar-refractivity contribution in [3.8, 4) is 0 Å². The van der Waals surface area contributed by atoms with Crippen molar-refractivity contribution in [2.24, 2.45) is 5.92 Å². The maximum absolute atomic E-state index is 12.0. The topological polar surface area (TPSA) is 26.3 Å². The molecule has 0 aromatic rings. The van der Waals surface area contributed by atoms with Crippen LogP contribution in [0.3, 0.4) is 0 Å². The van der Waals surface area contributed by atoms with E-state index >= 15 is 0 Å². The Bertz CT molecular complexity index is 217. The van der Waals surface area contributed by atoms with E-state index in [1.165, 1.54) is 12.8 Å². The zero-order valence-corrected chi connectivity index (χ0v) is 11.1. The highest BCUT2D eigenvalue weighted by Gasteiger charge is 2.34. The van der Waals surface area contributed by atoms with Crippen LogP contribution in [-0.4, -0.2) is 11.6 Å². The Morgan fingerprint density at radius 2 is 1.94 bits per heavy atom. The normalized spacial score (nSPS) is 20.7. The fourth-order valence-corrected chi connectivity index (χ4v) is 2.49. The fraction of sp³-hybridized carbons (Fsp3) is 0.929. The zero-order valence-electron chi connectivity index (χ0n) is 11.1. The molecule has 1 atom stereocenters. The molecular formula is C14H26O2. The summed E-state index contributed by atoms with van der Waals surface area (Å²) in [5.74, 6) is 0.165. The Morgan fingerprint density at radius 3 is 2.44 bits per heavy atom. The summed E-state index contributed by atoms with van der Waals surface area (Å²) in [5, 5.41) is 0. The SMILES string of the molecule is CCCCC(CC)C(=O)OC1(C)CCCC1. The molecule has 2 nitrogen and oxygen atoms in total. The number of carbonyl (C=O) groups is 1. The van der Waals surface area contributed by atoms with Crippen LogP contribution in [0.4, 0.5) is 0 Å². The van der Waals surface area contributed by atoms with Gasteiger partial charge in [-0.05, 0) is 45.4 Å². The molecule has 0 spiro atoms. The van der Waals surface area contributed by atoms with Gasteiger partial charge in [0.1, 0.15) is 5.60 Å². The van der Waals surface area contributed by atoms with Crippen LogP contribution in [-0.2, 0) is 9.53 Å². The lowest BCUT2D eigenvalue weighted by atomic mass is 9.98. The van der Waals surface area contributed by atoms with Crippen LogP contribution in [0.1, 0.15) is 72.1 Å². The van der Waals surface area contributed by atoms with Crippen molar-refractivity contribution in [3.63, 3.8) is 0 Å². The largest absolute Gasteiger partial charge is 0.459 e. The van der Waals surface area contributed by atoms with Gasteiger partial charge in [0.05, 0.1) is 5.92 Å². The number of ether oxygens (including phenoxy) is 1. The van der Waals surface area contributed by atoms with Gasteiger partial charge in [0.15, 0.2) is 0 Å². The maximum atomic E-state index is 12.0. The van der Waals surface area contributed by atoms with Crippen molar-refractivity contribution < 1.29 is 9.53 Å². The summed E-state index contributed by atoms with van der Waals surface area (Å²) in [6.45, 7) is 6.33. The summed E-state index contributed by atoms with van der Waals surface area (Å²) in [6, 6.07) is 0. The monoisotopic (exact) mass is 226 g/mol. The minimum absolute atomic E-state index is 0.0420. The fourth-order valence-electron chi connectivity index (χ4n) is 2.49. The predicted octanol–water partition coefficient (Wildman–Crippen LogP) is 4.08. The molecule has 0 bridgehead atoms. The van der Waals surface area contributed by atoms with Gasteiger partial charge in [0, 0.05) is 0 Å². The lowest BCUT2D eigenvalue weighted by Gasteiger charge is -2.26. The molecule has 1 fully saturated rings. The third-order valence-electron chi connectivity index (χ3n) is 3.74. The third kappa shape index (κ3) is 3.80. The Morgan fingerprint density at radius 1 is 1.31 bits per heavy atom. The molecule has 0 saturated heterocycles. The van der Waals surface area contributed by atoms with E-state index in [0.717, 1.165) is 38.5 Å². The van der Waals surface area contributed by atoms with E-state index < -0.39 is 0 Å². The van der Waals surface area contributed by atoms with Crippen LogP contribution in [0.2, 0.25) is 0 Å². The van der Waals surface area contributed by atoms with E-state index in [4.69, 9.17) is 4.74 Å². The molecule has 1 aliphatic carbocycles. The second-order valence-corrected chi connectivity index (χ2v) is 5.33. The third-order valence-corrected chi connectivity index (χ3v) is 3.74. The van der Waals surface area contributed by atoms with Crippen LogP contribution in [0.25, 0.3) is 0 Å². The van der Waals surface area contributed by atoms with E-state index in [0.29, 0.717) is 0 Å². The van der Waals surface area contributed by atoms with Crippen molar-refractivity contribution in [2.45, 2.75) is 77.7 Å². The molecule has 0 aliphatic heterocycles. The molecule has 0 N–H and O–H groups in total. The smallest absolute Gasteiger partial charge is 0.309 e. The van der Waals surface area contributed by atoms with Gasteiger partial charge < -0.3 is 4.74 Å². The van der Waals surface area contributed by atoms with Crippen molar-refractivity contribution >= 4 is 5.97 Å².